The molecular formula is C11H14FNO. The van der Waals surface area contributed by atoms with Crippen LogP contribution in [0.25, 0.3) is 0 Å². The molecule has 14 heavy (non-hydrogen) atoms. The van der Waals surface area contributed by atoms with Crippen molar-refractivity contribution in [3.8, 4) is 0 Å². The van der Waals surface area contributed by atoms with Crippen LogP contribution in [-0.4, -0.2) is 11.3 Å². The fraction of sp³-hybridized carbons (Fsp3) is 0.455. The first-order valence-corrected chi connectivity index (χ1v) is 4.52. The monoisotopic (exact) mass is 195 g/mol. The smallest absolute Gasteiger partial charge is 0.215 e. The molecule has 0 spiro atoms. The van der Waals surface area contributed by atoms with E-state index in [-0.39, 0.29) is 0 Å². The molecule has 0 radical (unpaired) electrons. The maximum Gasteiger partial charge on any atom is 0.215 e. The van der Waals surface area contributed by atoms with Gasteiger partial charge in [-0.1, -0.05) is 13.8 Å². The zero-order valence-electron chi connectivity index (χ0n) is 8.67. The van der Waals surface area contributed by atoms with Crippen LogP contribution in [-0.2, 0) is 11.2 Å². The van der Waals surface area contributed by atoms with Gasteiger partial charge in [-0.3, -0.25) is 0 Å². The molecule has 0 aliphatic rings. The van der Waals surface area contributed by atoms with Crippen molar-refractivity contribution >= 4 is 6.29 Å². The van der Waals surface area contributed by atoms with E-state index < -0.39 is 11.4 Å². The van der Waals surface area contributed by atoms with Crippen molar-refractivity contribution in [1.82, 2.24) is 4.98 Å². The van der Waals surface area contributed by atoms with Gasteiger partial charge in [-0.05, 0) is 25.0 Å². The molecule has 0 aliphatic carbocycles. The molecule has 76 valence electrons. The Morgan fingerprint density at radius 3 is 2.71 bits per heavy atom. The molecule has 2 nitrogen and oxygen atoms in total. The number of pyridine rings is 1. The predicted molar refractivity (Wildman–Crippen MR) is 52.5 cm³/mol. The highest BCUT2D eigenvalue weighted by molar-refractivity contribution is 5.58. The third-order valence-electron chi connectivity index (χ3n) is 2.05. The van der Waals surface area contributed by atoms with Crippen molar-refractivity contribution in [3.05, 3.63) is 29.3 Å². The van der Waals surface area contributed by atoms with Crippen LogP contribution in [0.2, 0.25) is 0 Å². The van der Waals surface area contributed by atoms with Gasteiger partial charge in [-0.2, -0.15) is 4.39 Å². The lowest BCUT2D eigenvalue weighted by Crippen LogP contribution is -2.16. The van der Waals surface area contributed by atoms with E-state index >= 15 is 0 Å². The van der Waals surface area contributed by atoms with Gasteiger partial charge in [-0.25, -0.2) is 4.98 Å². The summed E-state index contributed by atoms with van der Waals surface area (Å²) in [6.45, 7) is 5.36. The summed E-state index contributed by atoms with van der Waals surface area (Å²) in [5.74, 6) is -0.447. The van der Waals surface area contributed by atoms with Crippen molar-refractivity contribution in [3.63, 3.8) is 0 Å². The largest absolute Gasteiger partial charge is 0.303 e. The number of carbonyl (C=O) groups excluding carboxylic acids is 1. The van der Waals surface area contributed by atoms with Gasteiger partial charge in [0.2, 0.25) is 5.95 Å². The lowest BCUT2D eigenvalue weighted by Gasteiger charge is -2.16. The zero-order valence-corrected chi connectivity index (χ0v) is 8.67. The Bertz CT molecular complexity index is 347. The molecule has 1 aromatic heterocycles. The molecule has 0 aromatic carbocycles. The van der Waals surface area contributed by atoms with E-state index in [4.69, 9.17) is 0 Å². The third kappa shape index (κ3) is 2.62. The second kappa shape index (κ2) is 3.86. The van der Waals surface area contributed by atoms with E-state index in [0.29, 0.717) is 12.0 Å². The highest BCUT2D eigenvalue weighted by Crippen LogP contribution is 2.19. The summed E-state index contributed by atoms with van der Waals surface area (Å²) in [5.41, 5.74) is 0.997. The van der Waals surface area contributed by atoms with Gasteiger partial charge in [0.25, 0.3) is 0 Å². The van der Waals surface area contributed by atoms with Crippen LogP contribution in [0.1, 0.15) is 25.0 Å². The van der Waals surface area contributed by atoms with Crippen LogP contribution in [0.15, 0.2) is 12.3 Å². The number of hydrogen-bond acceptors (Lipinski definition) is 2. The first-order chi connectivity index (χ1) is 6.44. The first kappa shape index (κ1) is 10.8. The molecule has 0 bridgehead atoms. The molecule has 0 atom stereocenters. The minimum atomic E-state index is -0.447. The standard InChI is InChI=1S/C11H14FNO/c1-8-4-9(6-13-10(8)12)5-11(2,3)7-14/h4,6-7H,5H2,1-3H3. The van der Waals surface area contributed by atoms with Crippen LogP contribution in [0.3, 0.4) is 0 Å². The van der Waals surface area contributed by atoms with Gasteiger partial charge in [0.1, 0.15) is 6.29 Å². The molecule has 0 saturated carbocycles. The minimum absolute atomic E-state index is 0.411. The van der Waals surface area contributed by atoms with Crippen molar-refractivity contribution in [2.24, 2.45) is 5.41 Å². The summed E-state index contributed by atoms with van der Waals surface area (Å²) >= 11 is 0. The van der Waals surface area contributed by atoms with Crippen molar-refractivity contribution < 1.29 is 9.18 Å². The van der Waals surface area contributed by atoms with Gasteiger partial charge in [0, 0.05) is 17.2 Å². The first-order valence-electron chi connectivity index (χ1n) is 4.52. The molecule has 3 heteroatoms. The molecule has 0 saturated heterocycles. The Labute approximate surface area is 83.2 Å². The zero-order chi connectivity index (χ0) is 10.8. The van der Waals surface area contributed by atoms with E-state index in [2.05, 4.69) is 4.98 Å². The number of aryl methyl sites for hydroxylation is 1. The molecule has 1 aromatic rings. The average molecular weight is 195 g/mol. The van der Waals surface area contributed by atoms with Crippen molar-refractivity contribution in [2.45, 2.75) is 27.2 Å². The summed E-state index contributed by atoms with van der Waals surface area (Å²) in [6, 6.07) is 1.73. The maximum absolute atomic E-state index is 12.8. The highest BCUT2D eigenvalue weighted by Gasteiger charge is 2.17. The third-order valence-corrected chi connectivity index (χ3v) is 2.05. The molecule has 1 heterocycles. The van der Waals surface area contributed by atoms with Gasteiger partial charge >= 0.3 is 0 Å². The van der Waals surface area contributed by atoms with E-state index in [0.717, 1.165) is 11.8 Å². The number of hydrogen-bond donors (Lipinski definition) is 0. The number of nitrogens with zero attached hydrogens (tertiary/aromatic N) is 1. The van der Waals surface area contributed by atoms with Gasteiger partial charge < -0.3 is 4.79 Å². The second-order valence-electron chi connectivity index (χ2n) is 4.23. The normalized spacial score (nSPS) is 11.4. The maximum atomic E-state index is 12.8. The number of carbonyl (C=O) groups is 1. The lowest BCUT2D eigenvalue weighted by molar-refractivity contribution is -0.114. The number of halogens is 1. The van der Waals surface area contributed by atoms with Gasteiger partial charge in [-0.15, -0.1) is 0 Å². The van der Waals surface area contributed by atoms with Crippen molar-refractivity contribution in [2.75, 3.05) is 0 Å². The molecule has 0 fully saturated rings. The van der Waals surface area contributed by atoms with E-state index in [1.54, 1.807) is 13.0 Å². The predicted octanol–water partition coefficient (Wildman–Crippen LogP) is 2.30. The number of aromatic nitrogens is 1. The highest BCUT2D eigenvalue weighted by atomic mass is 19.1. The summed E-state index contributed by atoms with van der Waals surface area (Å²) in [5, 5.41) is 0. The van der Waals surface area contributed by atoms with Crippen LogP contribution >= 0.6 is 0 Å². The number of aldehydes is 1. The Kier molecular flexibility index (Phi) is 2.99. The summed E-state index contributed by atoms with van der Waals surface area (Å²) < 4.78 is 12.8. The Morgan fingerprint density at radius 2 is 2.21 bits per heavy atom. The second-order valence-corrected chi connectivity index (χ2v) is 4.23. The summed E-state index contributed by atoms with van der Waals surface area (Å²) in [7, 11) is 0. The minimum Gasteiger partial charge on any atom is -0.303 e. The quantitative estimate of drug-likeness (QED) is 0.547. The van der Waals surface area contributed by atoms with Crippen LogP contribution in [0.5, 0.6) is 0 Å². The molecule has 0 unspecified atom stereocenters. The number of rotatable bonds is 3. The molecule has 0 amide bonds. The lowest BCUT2D eigenvalue weighted by atomic mass is 9.88. The fourth-order valence-electron chi connectivity index (χ4n) is 1.28. The van der Waals surface area contributed by atoms with E-state index in [1.165, 1.54) is 6.20 Å². The Balaban J connectivity index is 2.88. The van der Waals surface area contributed by atoms with Crippen LogP contribution < -0.4 is 0 Å². The Morgan fingerprint density at radius 1 is 1.57 bits per heavy atom. The molecule has 0 N–H and O–H groups in total. The molecule has 1 rings (SSSR count). The van der Waals surface area contributed by atoms with Crippen molar-refractivity contribution in [1.29, 1.82) is 0 Å². The van der Waals surface area contributed by atoms with E-state index in [1.807, 2.05) is 13.8 Å². The van der Waals surface area contributed by atoms with Crippen LogP contribution in [0, 0.1) is 18.3 Å². The van der Waals surface area contributed by atoms with Gasteiger partial charge in [0.05, 0.1) is 0 Å². The van der Waals surface area contributed by atoms with Crippen LogP contribution in [0.4, 0.5) is 4.39 Å². The Hall–Kier alpha value is -1.25. The fourth-order valence-corrected chi connectivity index (χ4v) is 1.28. The van der Waals surface area contributed by atoms with E-state index in [9.17, 15) is 9.18 Å². The topological polar surface area (TPSA) is 30.0 Å². The average Bonchev–Trinajstić information content (AvgIpc) is 2.11. The molecule has 0 aliphatic heterocycles. The SMILES string of the molecule is Cc1cc(CC(C)(C)C=O)cnc1F. The summed E-state index contributed by atoms with van der Waals surface area (Å²) in [4.78, 5) is 14.3. The van der Waals surface area contributed by atoms with Gasteiger partial charge in [0.15, 0.2) is 0 Å². The molecular weight excluding hydrogens is 181 g/mol. The summed E-state index contributed by atoms with van der Waals surface area (Å²) in [6.07, 6.45) is 2.98.